The zero-order chi connectivity index (χ0) is 9.10. The zero-order valence-electron chi connectivity index (χ0n) is 8.59. The standard InChI is InChI=1S/C11H21NO/c1-13-11-6-2-9(3-7-11)8-12-10-4-5-10/h9-12H,2-8H2,1H3. The minimum Gasteiger partial charge on any atom is -0.381 e. The van der Waals surface area contributed by atoms with Crippen molar-refractivity contribution >= 4 is 0 Å². The lowest BCUT2D eigenvalue weighted by molar-refractivity contribution is 0.0567. The third-order valence-corrected chi connectivity index (χ3v) is 3.40. The van der Waals surface area contributed by atoms with Gasteiger partial charge >= 0.3 is 0 Å². The molecule has 2 saturated carbocycles. The fourth-order valence-electron chi connectivity index (χ4n) is 2.19. The topological polar surface area (TPSA) is 21.3 Å². The fourth-order valence-corrected chi connectivity index (χ4v) is 2.19. The smallest absolute Gasteiger partial charge is 0.0571 e. The fraction of sp³-hybridized carbons (Fsp3) is 1.00. The number of nitrogens with one attached hydrogen (secondary N) is 1. The largest absolute Gasteiger partial charge is 0.381 e. The Balaban J connectivity index is 1.59. The van der Waals surface area contributed by atoms with Crippen molar-refractivity contribution < 1.29 is 4.74 Å². The van der Waals surface area contributed by atoms with E-state index in [9.17, 15) is 0 Å². The molecule has 2 nitrogen and oxygen atoms in total. The Bertz CT molecular complexity index is 148. The van der Waals surface area contributed by atoms with Crippen LogP contribution in [0.1, 0.15) is 38.5 Å². The molecule has 0 aromatic carbocycles. The van der Waals surface area contributed by atoms with E-state index in [1.54, 1.807) is 0 Å². The minimum absolute atomic E-state index is 0.553. The Kier molecular flexibility index (Phi) is 3.23. The molecule has 2 fully saturated rings. The number of ether oxygens (including phenoxy) is 1. The molecule has 0 unspecified atom stereocenters. The van der Waals surface area contributed by atoms with E-state index < -0.39 is 0 Å². The summed E-state index contributed by atoms with van der Waals surface area (Å²) < 4.78 is 5.36. The van der Waals surface area contributed by atoms with Crippen molar-refractivity contribution in [2.75, 3.05) is 13.7 Å². The van der Waals surface area contributed by atoms with Gasteiger partial charge in [0.2, 0.25) is 0 Å². The van der Waals surface area contributed by atoms with Crippen LogP contribution in [0.4, 0.5) is 0 Å². The second-order valence-corrected chi connectivity index (χ2v) is 4.56. The number of methoxy groups -OCH3 is 1. The van der Waals surface area contributed by atoms with Crippen LogP contribution in [0.3, 0.4) is 0 Å². The molecular weight excluding hydrogens is 162 g/mol. The second-order valence-electron chi connectivity index (χ2n) is 4.56. The maximum absolute atomic E-state index is 5.36. The van der Waals surface area contributed by atoms with Crippen LogP contribution in [0.25, 0.3) is 0 Å². The third kappa shape index (κ3) is 2.96. The summed E-state index contributed by atoms with van der Waals surface area (Å²) in [5.74, 6) is 0.923. The molecule has 2 aliphatic carbocycles. The molecule has 0 spiro atoms. The molecule has 0 saturated heterocycles. The molecule has 0 bridgehead atoms. The summed E-state index contributed by atoms with van der Waals surface area (Å²) in [5.41, 5.74) is 0. The molecule has 0 atom stereocenters. The Morgan fingerprint density at radius 3 is 2.31 bits per heavy atom. The molecule has 1 N–H and O–H groups in total. The predicted molar refractivity (Wildman–Crippen MR) is 53.8 cm³/mol. The molecular formula is C11H21NO. The SMILES string of the molecule is COC1CCC(CNC2CC2)CC1. The maximum atomic E-state index is 5.36. The molecule has 0 heterocycles. The van der Waals surface area contributed by atoms with E-state index in [1.807, 2.05) is 7.11 Å². The molecule has 0 aromatic heterocycles. The van der Waals surface area contributed by atoms with E-state index in [4.69, 9.17) is 4.74 Å². The van der Waals surface area contributed by atoms with Crippen LogP contribution in [-0.2, 0) is 4.74 Å². The highest BCUT2D eigenvalue weighted by atomic mass is 16.5. The van der Waals surface area contributed by atoms with Gasteiger partial charge in [-0.2, -0.15) is 0 Å². The third-order valence-electron chi connectivity index (χ3n) is 3.40. The van der Waals surface area contributed by atoms with Gasteiger partial charge in [-0.3, -0.25) is 0 Å². The average molecular weight is 183 g/mol. The first-order valence-electron chi connectivity index (χ1n) is 5.64. The van der Waals surface area contributed by atoms with Gasteiger partial charge in [0.05, 0.1) is 6.10 Å². The molecule has 0 amide bonds. The van der Waals surface area contributed by atoms with Crippen LogP contribution in [0.5, 0.6) is 0 Å². The van der Waals surface area contributed by atoms with Crippen LogP contribution >= 0.6 is 0 Å². The lowest BCUT2D eigenvalue weighted by Gasteiger charge is -2.27. The molecule has 0 aromatic rings. The van der Waals surface area contributed by atoms with Crippen molar-refractivity contribution in [2.45, 2.75) is 50.7 Å². The summed E-state index contributed by atoms with van der Waals surface area (Å²) in [6.07, 6.45) is 8.63. The van der Waals surface area contributed by atoms with Gasteiger partial charge in [-0.15, -0.1) is 0 Å². The zero-order valence-corrected chi connectivity index (χ0v) is 8.59. The monoisotopic (exact) mass is 183 g/mol. The summed E-state index contributed by atoms with van der Waals surface area (Å²) in [5, 5.41) is 3.62. The Morgan fingerprint density at radius 1 is 1.08 bits per heavy atom. The van der Waals surface area contributed by atoms with Crippen LogP contribution in [0.2, 0.25) is 0 Å². The molecule has 0 aliphatic heterocycles. The van der Waals surface area contributed by atoms with E-state index in [-0.39, 0.29) is 0 Å². The van der Waals surface area contributed by atoms with Gasteiger partial charge in [-0.1, -0.05) is 0 Å². The Morgan fingerprint density at radius 2 is 1.77 bits per heavy atom. The quantitative estimate of drug-likeness (QED) is 0.719. The first kappa shape index (κ1) is 9.47. The van der Waals surface area contributed by atoms with Crippen LogP contribution in [-0.4, -0.2) is 25.8 Å². The Labute approximate surface area is 81.0 Å². The van der Waals surface area contributed by atoms with Gasteiger partial charge in [0.15, 0.2) is 0 Å². The van der Waals surface area contributed by atoms with Gasteiger partial charge in [0.1, 0.15) is 0 Å². The van der Waals surface area contributed by atoms with E-state index in [1.165, 1.54) is 45.1 Å². The van der Waals surface area contributed by atoms with Gasteiger partial charge in [-0.05, 0) is 51.0 Å². The molecule has 2 heteroatoms. The highest BCUT2D eigenvalue weighted by Crippen LogP contribution is 2.26. The summed E-state index contributed by atoms with van der Waals surface area (Å²) in [6.45, 7) is 1.25. The van der Waals surface area contributed by atoms with Crippen molar-refractivity contribution in [1.29, 1.82) is 0 Å². The average Bonchev–Trinajstić information content (AvgIpc) is 2.99. The highest BCUT2D eigenvalue weighted by molar-refractivity contribution is 4.83. The van der Waals surface area contributed by atoms with Gasteiger partial charge in [0.25, 0.3) is 0 Å². The van der Waals surface area contributed by atoms with Crippen LogP contribution in [0.15, 0.2) is 0 Å². The highest BCUT2D eigenvalue weighted by Gasteiger charge is 2.24. The van der Waals surface area contributed by atoms with E-state index in [2.05, 4.69) is 5.32 Å². The Hall–Kier alpha value is -0.0800. The van der Waals surface area contributed by atoms with Crippen LogP contribution < -0.4 is 5.32 Å². The van der Waals surface area contributed by atoms with Gasteiger partial charge < -0.3 is 10.1 Å². The minimum atomic E-state index is 0.553. The number of hydrogen-bond acceptors (Lipinski definition) is 2. The maximum Gasteiger partial charge on any atom is 0.0571 e. The van der Waals surface area contributed by atoms with Gasteiger partial charge in [-0.25, -0.2) is 0 Å². The molecule has 0 radical (unpaired) electrons. The summed E-state index contributed by atoms with van der Waals surface area (Å²) >= 11 is 0. The molecule has 76 valence electrons. The number of rotatable bonds is 4. The van der Waals surface area contributed by atoms with Crippen molar-refractivity contribution in [3.8, 4) is 0 Å². The lowest BCUT2D eigenvalue weighted by atomic mass is 9.87. The van der Waals surface area contributed by atoms with E-state index in [0.717, 1.165) is 12.0 Å². The summed E-state index contributed by atoms with van der Waals surface area (Å²) in [7, 11) is 1.84. The van der Waals surface area contributed by atoms with Crippen LogP contribution in [0, 0.1) is 5.92 Å². The first-order chi connectivity index (χ1) is 6.38. The lowest BCUT2D eigenvalue weighted by Crippen LogP contribution is -2.29. The first-order valence-corrected chi connectivity index (χ1v) is 5.64. The van der Waals surface area contributed by atoms with E-state index in [0.29, 0.717) is 6.10 Å². The summed E-state index contributed by atoms with van der Waals surface area (Å²) in [6, 6.07) is 0.875. The van der Waals surface area contributed by atoms with E-state index >= 15 is 0 Å². The molecule has 2 rings (SSSR count). The molecule has 2 aliphatic rings. The van der Waals surface area contributed by atoms with Crippen molar-refractivity contribution in [2.24, 2.45) is 5.92 Å². The summed E-state index contributed by atoms with van der Waals surface area (Å²) in [4.78, 5) is 0. The van der Waals surface area contributed by atoms with Crippen molar-refractivity contribution in [1.82, 2.24) is 5.32 Å². The van der Waals surface area contributed by atoms with Crippen molar-refractivity contribution in [3.63, 3.8) is 0 Å². The number of hydrogen-bond donors (Lipinski definition) is 1. The van der Waals surface area contributed by atoms with Gasteiger partial charge in [0, 0.05) is 13.2 Å². The normalized spacial score (nSPS) is 34.8. The van der Waals surface area contributed by atoms with Crippen molar-refractivity contribution in [3.05, 3.63) is 0 Å². The molecule has 13 heavy (non-hydrogen) atoms. The predicted octanol–water partition coefficient (Wildman–Crippen LogP) is 1.94. The second kappa shape index (κ2) is 4.43.